The Morgan fingerprint density at radius 2 is 0.700 bits per heavy atom. The predicted molar refractivity (Wildman–Crippen MR) is 93.4 cm³/mol. The minimum absolute atomic E-state index is 0. The van der Waals surface area contributed by atoms with E-state index in [0.29, 0.717) is 0 Å². The summed E-state index contributed by atoms with van der Waals surface area (Å²) in [6, 6.07) is 0. The minimum atomic E-state index is 0. The molecule has 0 unspecified atom stereocenters. The van der Waals surface area contributed by atoms with Crippen molar-refractivity contribution in [2.24, 2.45) is 0 Å². The van der Waals surface area contributed by atoms with E-state index < -0.39 is 0 Å². The molecule has 0 aliphatic heterocycles. The first-order valence-corrected chi connectivity index (χ1v) is 9.66. The Kier molecular flexibility index (Phi) is 26.7. The normalized spacial score (nSPS) is 10.5. The van der Waals surface area contributed by atoms with Crippen molar-refractivity contribution in [1.82, 2.24) is 0 Å². The first kappa shape index (κ1) is 23.6. The molecule has 0 spiro atoms. The van der Waals surface area contributed by atoms with Gasteiger partial charge in [0.25, 0.3) is 0 Å². The fourth-order valence-electron chi connectivity index (χ4n) is 2.66. The van der Waals surface area contributed by atoms with Crippen molar-refractivity contribution in [3.8, 4) is 0 Å². The smallest absolute Gasteiger partial charge is 0.179 e. The predicted octanol–water partition coefficient (Wildman–Crippen LogP) is 4.18. The maximum atomic E-state index is 4.24. The van der Waals surface area contributed by atoms with Gasteiger partial charge in [0.2, 0.25) is 0 Å². The molecule has 0 saturated heterocycles. The van der Waals surface area contributed by atoms with Gasteiger partial charge in [0.1, 0.15) is 0 Å². The molecule has 0 nitrogen and oxygen atoms in total. The van der Waals surface area contributed by atoms with Crippen molar-refractivity contribution < 1.29 is 29.6 Å². The van der Waals surface area contributed by atoms with Gasteiger partial charge in [-0.2, -0.15) is 12.6 Å². The number of hydrogen-bond acceptors (Lipinski definition) is 1. The average Bonchev–Trinajstić information content (AvgIpc) is 2.43. The molecule has 2 heteroatoms. The van der Waals surface area contributed by atoms with Crippen molar-refractivity contribution in [1.29, 1.82) is 0 Å². The molecule has 0 rings (SSSR count). The molecule has 0 aliphatic rings. The summed E-state index contributed by atoms with van der Waals surface area (Å²) in [6.07, 6.45) is 23.1. The van der Waals surface area contributed by atoms with E-state index in [1.807, 2.05) is 0 Å². The van der Waals surface area contributed by atoms with Crippen LogP contribution >= 0.6 is 12.6 Å². The topological polar surface area (TPSA) is 0 Å². The minimum Gasteiger partial charge on any atom is -0.179 e. The molecule has 0 aromatic rings. The molecule has 116 valence electrons. The van der Waals surface area contributed by atoms with E-state index in [2.05, 4.69) is 19.6 Å². The third-order valence-electron chi connectivity index (χ3n) is 4.01. The van der Waals surface area contributed by atoms with E-state index in [-0.39, 0.29) is 29.6 Å². The largest absolute Gasteiger partial charge is 1.00 e. The van der Waals surface area contributed by atoms with E-state index >= 15 is 0 Å². The van der Waals surface area contributed by atoms with Crippen LogP contribution in [0.1, 0.15) is 110 Å². The van der Waals surface area contributed by atoms with Gasteiger partial charge in [0.05, 0.1) is 0 Å². The first-order valence-electron chi connectivity index (χ1n) is 9.02. The summed E-state index contributed by atoms with van der Waals surface area (Å²) in [5.41, 5.74) is 0. The van der Waals surface area contributed by atoms with E-state index in [1.54, 1.807) is 0 Å². The maximum Gasteiger partial charge on any atom is 1.00 e. The second-order valence-electron chi connectivity index (χ2n) is 6.03. The summed E-state index contributed by atoms with van der Waals surface area (Å²) in [5.74, 6) is 1.07. The summed E-state index contributed by atoms with van der Waals surface area (Å²) in [4.78, 5) is 0. The van der Waals surface area contributed by atoms with Gasteiger partial charge in [-0.05, 0) is 12.2 Å². The van der Waals surface area contributed by atoms with Crippen LogP contribution in [0.4, 0.5) is 0 Å². The van der Waals surface area contributed by atoms with Crippen LogP contribution < -0.4 is 29.6 Å². The zero-order chi connectivity index (χ0) is 14.0. The third-order valence-corrected chi connectivity index (χ3v) is 4.33. The van der Waals surface area contributed by atoms with E-state index in [9.17, 15) is 0 Å². The fourth-order valence-corrected chi connectivity index (χ4v) is 2.88. The Morgan fingerprint density at radius 3 is 0.950 bits per heavy atom. The molecule has 0 aromatic carbocycles. The van der Waals surface area contributed by atoms with Gasteiger partial charge in [-0.25, -0.2) is 0 Å². The van der Waals surface area contributed by atoms with Crippen LogP contribution in [0.15, 0.2) is 0 Å². The van der Waals surface area contributed by atoms with Gasteiger partial charge >= 0.3 is 29.6 Å². The Bertz CT molecular complexity index is 134. The molecule has 0 radical (unpaired) electrons. The van der Waals surface area contributed by atoms with Gasteiger partial charge in [0.15, 0.2) is 0 Å². The molecular formula is C18H38NaS+. The number of unbranched alkanes of at least 4 members (excludes halogenated alkanes) is 15. The van der Waals surface area contributed by atoms with Crippen LogP contribution in [-0.4, -0.2) is 5.75 Å². The fraction of sp³-hybridized carbons (Fsp3) is 1.00. The van der Waals surface area contributed by atoms with Crippen LogP contribution in [0.3, 0.4) is 0 Å². The van der Waals surface area contributed by atoms with Gasteiger partial charge < -0.3 is 0 Å². The molecule has 0 amide bonds. The van der Waals surface area contributed by atoms with Crippen LogP contribution in [0.25, 0.3) is 0 Å². The van der Waals surface area contributed by atoms with Gasteiger partial charge in [0, 0.05) is 0 Å². The molecule has 0 atom stereocenters. The summed E-state index contributed by atoms with van der Waals surface area (Å²) < 4.78 is 0. The van der Waals surface area contributed by atoms with Crippen LogP contribution in [-0.2, 0) is 0 Å². The molecule has 0 aliphatic carbocycles. The summed E-state index contributed by atoms with van der Waals surface area (Å²) >= 11 is 4.24. The van der Waals surface area contributed by atoms with Crippen molar-refractivity contribution >= 4 is 12.6 Å². The van der Waals surface area contributed by atoms with Crippen LogP contribution in [0, 0.1) is 0 Å². The third kappa shape index (κ3) is 21.6. The number of rotatable bonds is 16. The average molecular weight is 310 g/mol. The monoisotopic (exact) mass is 309 g/mol. The molecule has 0 heterocycles. The van der Waals surface area contributed by atoms with Crippen LogP contribution in [0.5, 0.6) is 0 Å². The van der Waals surface area contributed by atoms with Crippen molar-refractivity contribution in [3.63, 3.8) is 0 Å². The van der Waals surface area contributed by atoms with Gasteiger partial charge in [-0.3, -0.25) is 0 Å². The summed E-state index contributed by atoms with van der Waals surface area (Å²) in [6.45, 7) is 2.29. The molecular weight excluding hydrogens is 271 g/mol. The second-order valence-corrected chi connectivity index (χ2v) is 6.47. The zero-order valence-electron chi connectivity index (χ0n) is 14.5. The Morgan fingerprint density at radius 1 is 0.450 bits per heavy atom. The summed E-state index contributed by atoms with van der Waals surface area (Å²) in [7, 11) is 0. The summed E-state index contributed by atoms with van der Waals surface area (Å²) in [5, 5.41) is 0. The number of thiol groups is 1. The maximum absolute atomic E-state index is 4.24. The molecule has 0 fully saturated rings. The van der Waals surface area contributed by atoms with E-state index in [0.717, 1.165) is 5.75 Å². The van der Waals surface area contributed by atoms with Crippen molar-refractivity contribution in [2.45, 2.75) is 110 Å². The Balaban J connectivity index is 0. The Labute approximate surface area is 157 Å². The SMILES string of the molecule is CCCCCCCCCCCCCCCCCCS.[Na+]. The van der Waals surface area contributed by atoms with Gasteiger partial charge in [-0.1, -0.05) is 103 Å². The Hall–Kier alpha value is 1.35. The van der Waals surface area contributed by atoms with E-state index in [1.165, 1.54) is 103 Å². The molecule has 0 saturated carbocycles. The van der Waals surface area contributed by atoms with E-state index in [4.69, 9.17) is 0 Å². The molecule has 0 aromatic heterocycles. The van der Waals surface area contributed by atoms with Crippen LogP contribution in [0.2, 0.25) is 0 Å². The molecule has 0 bridgehead atoms. The quantitative estimate of drug-likeness (QED) is 0.247. The molecule has 0 N–H and O–H groups in total. The van der Waals surface area contributed by atoms with Crippen molar-refractivity contribution in [3.05, 3.63) is 0 Å². The second kappa shape index (κ2) is 22.6. The number of hydrogen-bond donors (Lipinski definition) is 1. The molecule has 20 heavy (non-hydrogen) atoms. The zero-order valence-corrected chi connectivity index (χ0v) is 17.4. The van der Waals surface area contributed by atoms with Gasteiger partial charge in [-0.15, -0.1) is 0 Å². The first-order chi connectivity index (χ1) is 9.41. The standard InChI is InChI=1S/C18H38S.Na/c1-2-3-4-5-6-7-8-9-10-11-12-13-14-15-16-17-18-19;/h19H,2-18H2,1H3;/q;+1. The van der Waals surface area contributed by atoms with Crippen molar-refractivity contribution in [2.75, 3.05) is 5.75 Å².